The zero-order valence-corrected chi connectivity index (χ0v) is 8.45. The Morgan fingerprint density at radius 2 is 1.67 bits per heavy atom. The van der Waals surface area contributed by atoms with E-state index < -0.39 is 6.17 Å². The molecule has 15 heavy (non-hydrogen) atoms. The molecular weight excluding hydrogens is 196 g/mol. The normalized spacial score (nSPS) is 22.9. The molecule has 1 aromatic carbocycles. The first kappa shape index (κ1) is 9.13. The van der Waals surface area contributed by atoms with Gasteiger partial charge in [0.1, 0.15) is 12.0 Å². The molecule has 0 aliphatic heterocycles. The van der Waals surface area contributed by atoms with Gasteiger partial charge in [-0.3, -0.25) is 0 Å². The Balaban J connectivity index is 2.27. The van der Waals surface area contributed by atoms with E-state index in [1.165, 1.54) is 0 Å². The van der Waals surface area contributed by atoms with Crippen LogP contribution in [0.1, 0.15) is 28.7 Å². The maximum absolute atomic E-state index is 14.0. The molecule has 0 heterocycles. The second-order valence-corrected chi connectivity index (χ2v) is 4.50. The third-order valence-corrected chi connectivity index (χ3v) is 3.61. The molecule has 0 radical (unpaired) electrons. The van der Waals surface area contributed by atoms with Crippen LogP contribution in [0.4, 0.5) is 14.5 Å². The van der Waals surface area contributed by atoms with Gasteiger partial charge in [-0.15, -0.1) is 0 Å². The van der Waals surface area contributed by atoms with Gasteiger partial charge in [0.2, 0.25) is 0 Å². The van der Waals surface area contributed by atoms with Gasteiger partial charge in [-0.25, -0.2) is 8.78 Å². The second kappa shape index (κ2) is 2.94. The van der Waals surface area contributed by atoms with Crippen LogP contribution in [-0.4, -0.2) is 6.17 Å². The van der Waals surface area contributed by atoms with Crippen LogP contribution in [0.3, 0.4) is 0 Å². The lowest BCUT2D eigenvalue weighted by molar-refractivity contribution is 0.347. The van der Waals surface area contributed by atoms with E-state index in [4.69, 9.17) is 5.73 Å². The van der Waals surface area contributed by atoms with Crippen LogP contribution in [0, 0.1) is 5.82 Å². The average Bonchev–Trinajstić information content (AvgIpc) is 2.79. The number of fused-ring (bicyclic) bond motifs is 2. The zero-order chi connectivity index (χ0) is 10.6. The fourth-order valence-electron chi connectivity index (χ4n) is 2.90. The van der Waals surface area contributed by atoms with Crippen LogP contribution in [0.15, 0.2) is 0 Å². The molecule has 2 aliphatic carbocycles. The molecule has 2 aliphatic rings. The number of anilines is 1. The van der Waals surface area contributed by atoms with E-state index in [-0.39, 0.29) is 12.2 Å². The number of alkyl halides is 1. The second-order valence-electron chi connectivity index (χ2n) is 4.50. The highest BCUT2D eigenvalue weighted by Crippen LogP contribution is 2.39. The van der Waals surface area contributed by atoms with Crippen LogP contribution in [0.2, 0.25) is 0 Å². The van der Waals surface area contributed by atoms with Gasteiger partial charge in [0.05, 0.1) is 0 Å². The molecular formula is C12H13F2N. The van der Waals surface area contributed by atoms with Crippen molar-refractivity contribution in [3.05, 3.63) is 28.1 Å². The lowest BCUT2D eigenvalue weighted by atomic mass is 9.98. The van der Waals surface area contributed by atoms with Gasteiger partial charge in [-0.05, 0) is 41.5 Å². The van der Waals surface area contributed by atoms with E-state index in [1.54, 1.807) is 0 Å². The van der Waals surface area contributed by atoms with Crippen LogP contribution in [0.25, 0.3) is 0 Å². The molecule has 80 valence electrons. The SMILES string of the molecule is Nc1c2c(c(F)c3c1CC(F)C3)CCC2. The van der Waals surface area contributed by atoms with Crippen molar-refractivity contribution in [2.45, 2.75) is 38.3 Å². The molecule has 2 N–H and O–H groups in total. The van der Waals surface area contributed by atoms with Gasteiger partial charge in [-0.1, -0.05) is 0 Å². The van der Waals surface area contributed by atoms with Gasteiger partial charge < -0.3 is 5.73 Å². The van der Waals surface area contributed by atoms with Crippen LogP contribution in [0.5, 0.6) is 0 Å². The molecule has 1 aromatic rings. The number of nitrogens with two attached hydrogens (primary N) is 1. The first-order valence-electron chi connectivity index (χ1n) is 5.43. The number of nitrogen functional groups attached to an aromatic ring is 1. The van der Waals surface area contributed by atoms with Gasteiger partial charge in [0.15, 0.2) is 0 Å². The van der Waals surface area contributed by atoms with Crippen LogP contribution in [-0.2, 0) is 25.7 Å². The number of rotatable bonds is 0. The maximum atomic E-state index is 14.0. The zero-order valence-electron chi connectivity index (χ0n) is 8.45. The smallest absolute Gasteiger partial charge is 0.130 e. The fourth-order valence-corrected chi connectivity index (χ4v) is 2.90. The Hall–Kier alpha value is -1.12. The van der Waals surface area contributed by atoms with Crippen molar-refractivity contribution in [3.63, 3.8) is 0 Å². The number of hydrogen-bond donors (Lipinski definition) is 1. The van der Waals surface area contributed by atoms with Crippen molar-refractivity contribution in [1.82, 2.24) is 0 Å². The lowest BCUT2D eigenvalue weighted by Crippen LogP contribution is -2.04. The van der Waals surface area contributed by atoms with Crippen molar-refractivity contribution < 1.29 is 8.78 Å². The van der Waals surface area contributed by atoms with E-state index in [9.17, 15) is 8.78 Å². The first-order chi connectivity index (χ1) is 7.18. The largest absolute Gasteiger partial charge is 0.398 e. The van der Waals surface area contributed by atoms with E-state index in [0.29, 0.717) is 17.7 Å². The highest BCUT2D eigenvalue weighted by molar-refractivity contribution is 5.64. The van der Waals surface area contributed by atoms with Crippen LogP contribution < -0.4 is 5.73 Å². The van der Waals surface area contributed by atoms with Crippen molar-refractivity contribution >= 4 is 5.69 Å². The maximum Gasteiger partial charge on any atom is 0.130 e. The number of benzene rings is 1. The molecule has 3 rings (SSSR count). The van der Waals surface area contributed by atoms with Crippen molar-refractivity contribution in [3.8, 4) is 0 Å². The van der Waals surface area contributed by atoms with Gasteiger partial charge in [0.25, 0.3) is 0 Å². The summed E-state index contributed by atoms with van der Waals surface area (Å²) in [6, 6.07) is 0. The minimum Gasteiger partial charge on any atom is -0.398 e. The summed E-state index contributed by atoms with van der Waals surface area (Å²) in [4.78, 5) is 0. The Morgan fingerprint density at radius 3 is 2.47 bits per heavy atom. The third kappa shape index (κ3) is 1.12. The van der Waals surface area contributed by atoms with E-state index in [1.807, 2.05) is 0 Å². The fraction of sp³-hybridized carbons (Fsp3) is 0.500. The molecule has 0 fully saturated rings. The Kier molecular flexibility index (Phi) is 1.79. The Bertz CT molecular complexity index is 401. The molecule has 0 saturated carbocycles. The van der Waals surface area contributed by atoms with Crippen molar-refractivity contribution in [2.75, 3.05) is 5.73 Å². The highest BCUT2D eigenvalue weighted by Gasteiger charge is 2.31. The van der Waals surface area contributed by atoms with Crippen LogP contribution >= 0.6 is 0 Å². The number of hydrogen-bond acceptors (Lipinski definition) is 1. The summed E-state index contributed by atoms with van der Waals surface area (Å²) in [7, 11) is 0. The van der Waals surface area contributed by atoms with Crippen molar-refractivity contribution in [1.29, 1.82) is 0 Å². The minimum atomic E-state index is -0.945. The minimum absolute atomic E-state index is 0.174. The third-order valence-electron chi connectivity index (χ3n) is 3.61. The molecule has 0 bridgehead atoms. The molecule has 0 spiro atoms. The average molecular weight is 209 g/mol. The molecule has 1 atom stereocenters. The van der Waals surface area contributed by atoms with Gasteiger partial charge in [0, 0.05) is 18.5 Å². The lowest BCUT2D eigenvalue weighted by Gasteiger charge is -2.11. The summed E-state index contributed by atoms with van der Waals surface area (Å²) in [5.41, 5.74) is 9.62. The summed E-state index contributed by atoms with van der Waals surface area (Å²) >= 11 is 0. The van der Waals surface area contributed by atoms with E-state index >= 15 is 0 Å². The summed E-state index contributed by atoms with van der Waals surface area (Å²) < 4.78 is 27.2. The molecule has 3 heteroatoms. The van der Waals surface area contributed by atoms with Crippen molar-refractivity contribution in [2.24, 2.45) is 0 Å². The molecule has 0 aromatic heterocycles. The molecule has 0 saturated heterocycles. The highest BCUT2D eigenvalue weighted by atomic mass is 19.1. The van der Waals surface area contributed by atoms with Gasteiger partial charge in [-0.2, -0.15) is 0 Å². The summed E-state index contributed by atoms with van der Waals surface area (Å²) in [6.07, 6.45) is 2.14. The number of halogens is 2. The Morgan fingerprint density at radius 1 is 1.00 bits per heavy atom. The topological polar surface area (TPSA) is 26.0 Å². The summed E-state index contributed by atoms with van der Waals surface area (Å²) in [5, 5.41) is 0. The van der Waals surface area contributed by atoms with E-state index in [2.05, 4.69) is 0 Å². The predicted octanol–water partition coefficient (Wildman–Crippen LogP) is 2.33. The van der Waals surface area contributed by atoms with E-state index in [0.717, 1.165) is 36.0 Å². The molecule has 1 unspecified atom stereocenters. The first-order valence-corrected chi connectivity index (χ1v) is 5.43. The molecule has 0 amide bonds. The Labute approximate surface area is 87.3 Å². The standard InChI is InChI=1S/C12H13F2N/c13-6-4-9-10(5-6)12(15)8-3-1-2-7(8)11(9)14/h6H,1-5,15H2. The summed E-state index contributed by atoms with van der Waals surface area (Å²) in [6.45, 7) is 0. The quantitative estimate of drug-likeness (QED) is 0.652. The predicted molar refractivity (Wildman–Crippen MR) is 55.1 cm³/mol. The van der Waals surface area contributed by atoms with Gasteiger partial charge >= 0.3 is 0 Å². The monoisotopic (exact) mass is 209 g/mol. The summed E-state index contributed by atoms with van der Waals surface area (Å²) in [5.74, 6) is -0.174. The molecule has 1 nitrogen and oxygen atoms in total.